The molecule has 6 nitrogen and oxygen atoms in total. The third-order valence-corrected chi connectivity index (χ3v) is 3.47. The largest absolute Gasteiger partial charge is 0.464 e. The van der Waals surface area contributed by atoms with Crippen LogP contribution in [0.3, 0.4) is 0 Å². The Bertz CT molecular complexity index is 489. The molecule has 1 N–H and O–H groups in total. The van der Waals surface area contributed by atoms with Crippen LogP contribution in [0.15, 0.2) is 12.3 Å². The normalized spacial score (nSPS) is 18.6. The molecule has 0 bridgehead atoms. The Morgan fingerprint density at radius 2 is 2.35 bits per heavy atom. The standard InChI is InChI=1S/C14H20N2O4/c1-16-8-11(6-12(16)14(18)19-2)13(17)15-7-10-4-3-5-20-9-10/h6,8,10H,3-5,7,9H2,1-2H3,(H,15,17). The molecule has 6 heteroatoms. The second-order valence-corrected chi connectivity index (χ2v) is 5.01. The average molecular weight is 280 g/mol. The van der Waals surface area contributed by atoms with Crippen LogP contribution < -0.4 is 5.32 Å². The van der Waals surface area contributed by atoms with Gasteiger partial charge in [0.2, 0.25) is 0 Å². The number of carbonyl (C=O) groups excluding carboxylic acids is 2. The van der Waals surface area contributed by atoms with Gasteiger partial charge in [0.15, 0.2) is 0 Å². The maximum atomic E-state index is 12.0. The molecule has 20 heavy (non-hydrogen) atoms. The van der Waals surface area contributed by atoms with E-state index in [1.165, 1.54) is 7.11 Å². The zero-order valence-electron chi connectivity index (χ0n) is 11.8. The van der Waals surface area contributed by atoms with E-state index in [1.54, 1.807) is 23.9 Å². The maximum absolute atomic E-state index is 12.0. The first-order valence-corrected chi connectivity index (χ1v) is 6.72. The number of rotatable bonds is 4. The Labute approximate surface area is 118 Å². The number of methoxy groups -OCH3 is 1. The van der Waals surface area contributed by atoms with Crippen molar-refractivity contribution in [3.63, 3.8) is 0 Å². The van der Waals surface area contributed by atoms with Gasteiger partial charge in [-0.25, -0.2) is 4.79 Å². The first-order chi connectivity index (χ1) is 9.61. The SMILES string of the molecule is COC(=O)c1cc(C(=O)NCC2CCCOC2)cn1C. The predicted octanol–water partition coefficient (Wildman–Crippen LogP) is 0.968. The summed E-state index contributed by atoms with van der Waals surface area (Å²) >= 11 is 0. The number of ether oxygens (including phenoxy) is 2. The van der Waals surface area contributed by atoms with Crippen LogP contribution in [-0.4, -0.2) is 43.3 Å². The number of nitrogens with one attached hydrogen (secondary N) is 1. The second-order valence-electron chi connectivity index (χ2n) is 5.01. The number of aromatic nitrogens is 1. The molecule has 110 valence electrons. The van der Waals surface area contributed by atoms with Gasteiger partial charge in [0.05, 0.1) is 19.3 Å². The highest BCUT2D eigenvalue weighted by molar-refractivity contribution is 5.97. The summed E-state index contributed by atoms with van der Waals surface area (Å²) < 4.78 is 11.6. The van der Waals surface area contributed by atoms with E-state index in [4.69, 9.17) is 4.74 Å². The molecule has 1 unspecified atom stereocenters. The molecule has 1 atom stereocenters. The summed E-state index contributed by atoms with van der Waals surface area (Å²) in [5, 5.41) is 2.88. The van der Waals surface area contributed by atoms with E-state index in [9.17, 15) is 9.59 Å². The first kappa shape index (κ1) is 14.6. The molecule has 1 saturated heterocycles. The molecule has 0 radical (unpaired) electrons. The van der Waals surface area contributed by atoms with Crippen molar-refractivity contribution in [2.45, 2.75) is 12.8 Å². The molecule has 1 aromatic heterocycles. The maximum Gasteiger partial charge on any atom is 0.354 e. The second kappa shape index (κ2) is 6.56. The van der Waals surface area contributed by atoms with Gasteiger partial charge < -0.3 is 19.4 Å². The summed E-state index contributed by atoms with van der Waals surface area (Å²) in [5.74, 6) is -0.259. The Morgan fingerprint density at radius 1 is 1.55 bits per heavy atom. The molecule has 0 saturated carbocycles. The zero-order valence-corrected chi connectivity index (χ0v) is 11.8. The Hall–Kier alpha value is -1.82. The van der Waals surface area contributed by atoms with Crippen LogP contribution in [0.5, 0.6) is 0 Å². The van der Waals surface area contributed by atoms with E-state index in [0.717, 1.165) is 19.4 Å². The molecule has 0 aliphatic carbocycles. The van der Waals surface area contributed by atoms with Crippen molar-refractivity contribution in [1.82, 2.24) is 9.88 Å². The summed E-state index contributed by atoms with van der Waals surface area (Å²) in [7, 11) is 3.02. The Kier molecular flexibility index (Phi) is 4.79. The lowest BCUT2D eigenvalue weighted by molar-refractivity contribution is 0.0536. The molecule has 1 aromatic rings. The highest BCUT2D eigenvalue weighted by Gasteiger charge is 2.18. The van der Waals surface area contributed by atoms with Crippen LogP contribution in [0.1, 0.15) is 33.7 Å². The van der Waals surface area contributed by atoms with E-state index in [0.29, 0.717) is 30.3 Å². The Balaban J connectivity index is 1.93. The Morgan fingerprint density at radius 3 is 3.00 bits per heavy atom. The van der Waals surface area contributed by atoms with Crippen molar-refractivity contribution in [2.75, 3.05) is 26.9 Å². The molecule has 0 spiro atoms. The minimum absolute atomic E-state index is 0.179. The van der Waals surface area contributed by atoms with Crippen molar-refractivity contribution in [3.8, 4) is 0 Å². The molecule has 1 aliphatic heterocycles. The summed E-state index contributed by atoms with van der Waals surface area (Å²) in [6, 6.07) is 1.54. The summed E-state index contributed by atoms with van der Waals surface area (Å²) in [6.07, 6.45) is 3.74. The van der Waals surface area contributed by atoms with Gasteiger partial charge in [-0.1, -0.05) is 0 Å². The number of hydrogen-bond donors (Lipinski definition) is 1. The van der Waals surface area contributed by atoms with Gasteiger partial charge >= 0.3 is 5.97 Å². The van der Waals surface area contributed by atoms with E-state index < -0.39 is 5.97 Å². The highest BCUT2D eigenvalue weighted by atomic mass is 16.5. The molecule has 2 heterocycles. The quantitative estimate of drug-likeness (QED) is 0.834. The van der Waals surface area contributed by atoms with Gasteiger partial charge in [0.1, 0.15) is 5.69 Å². The van der Waals surface area contributed by atoms with E-state index >= 15 is 0 Å². The van der Waals surface area contributed by atoms with Crippen LogP contribution >= 0.6 is 0 Å². The van der Waals surface area contributed by atoms with Gasteiger partial charge in [-0.3, -0.25) is 4.79 Å². The van der Waals surface area contributed by atoms with Crippen molar-refractivity contribution in [1.29, 1.82) is 0 Å². The van der Waals surface area contributed by atoms with Crippen LogP contribution in [-0.2, 0) is 16.5 Å². The number of aryl methyl sites for hydroxylation is 1. The minimum Gasteiger partial charge on any atom is -0.464 e. The van der Waals surface area contributed by atoms with Crippen LogP contribution in [0, 0.1) is 5.92 Å². The molecule has 2 rings (SSSR count). The van der Waals surface area contributed by atoms with Crippen LogP contribution in [0.4, 0.5) is 0 Å². The van der Waals surface area contributed by atoms with E-state index in [1.807, 2.05) is 0 Å². The molecular weight excluding hydrogens is 260 g/mol. The van der Waals surface area contributed by atoms with Crippen molar-refractivity contribution in [3.05, 3.63) is 23.5 Å². The fourth-order valence-electron chi connectivity index (χ4n) is 2.30. The minimum atomic E-state index is -0.452. The molecule has 1 amide bonds. The summed E-state index contributed by atoms with van der Waals surface area (Å²) in [6.45, 7) is 2.11. The molecular formula is C14H20N2O4. The highest BCUT2D eigenvalue weighted by Crippen LogP contribution is 2.13. The monoisotopic (exact) mass is 280 g/mol. The average Bonchev–Trinajstić information content (AvgIpc) is 2.87. The number of hydrogen-bond acceptors (Lipinski definition) is 4. The number of esters is 1. The van der Waals surface area contributed by atoms with Crippen LogP contribution in [0.25, 0.3) is 0 Å². The third kappa shape index (κ3) is 3.39. The lowest BCUT2D eigenvalue weighted by Gasteiger charge is -2.22. The van der Waals surface area contributed by atoms with E-state index in [-0.39, 0.29) is 5.91 Å². The zero-order chi connectivity index (χ0) is 14.5. The summed E-state index contributed by atoms with van der Waals surface area (Å²) in [4.78, 5) is 23.5. The summed E-state index contributed by atoms with van der Waals surface area (Å²) in [5.41, 5.74) is 0.822. The lowest BCUT2D eigenvalue weighted by atomic mass is 10.0. The van der Waals surface area contributed by atoms with Crippen molar-refractivity contribution < 1.29 is 19.1 Å². The van der Waals surface area contributed by atoms with Gasteiger partial charge in [-0.2, -0.15) is 0 Å². The van der Waals surface area contributed by atoms with Crippen molar-refractivity contribution in [2.24, 2.45) is 13.0 Å². The van der Waals surface area contributed by atoms with Gasteiger partial charge in [0.25, 0.3) is 5.91 Å². The van der Waals surface area contributed by atoms with E-state index in [2.05, 4.69) is 10.1 Å². The van der Waals surface area contributed by atoms with Gasteiger partial charge in [0, 0.05) is 26.4 Å². The number of carbonyl (C=O) groups is 2. The topological polar surface area (TPSA) is 69.6 Å². The fourth-order valence-corrected chi connectivity index (χ4v) is 2.30. The van der Waals surface area contributed by atoms with Gasteiger partial charge in [-0.15, -0.1) is 0 Å². The van der Waals surface area contributed by atoms with Crippen LogP contribution in [0.2, 0.25) is 0 Å². The molecule has 1 aliphatic rings. The predicted molar refractivity (Wildman–Crippen MR) is 72.6 cm³/mol. The van der Waals surface area contributed by atoms with Crippen molar-refractivity contribution >= 4 is 11.9 Å². The fraction of sp³-hybridized carbons (Fsp3) is 0.571. The molecule has 1 fully saturated rings. The number of nitrogens with zero attached hydrogens (tertiary/aromatic N) is 1. The smallest absolute Gasteiger partial charge is 0.354 e. The van der Waals surface area contributed by atoms with Gasteiger partial charge in [-0.05, 0) is 24.8 Å². The lowest BCUT2D eigenvalue weighted by Crippen LogP contribution is -2.33. The molecule has 0 aromatic carbocycles. The first-order valence-electron chi connectivity index (χ1n) is 6.72. The number of amides is 1. The third-order valence-electron chi connectivity index (χ3n) is 3.47.